The monoisotopic (exact) mass is 370 g/mol. The molecular formula is C18H26O8. The Balaban J connectivity index is 1.23. The Morgan fingerprint density at radius 3 is 1.38 bits per heavy atom. The Labute approximate surface area is 152 Å². The van der Waals surface area contributed by atoms with Crippen LogP contribution in [0.1, 0.15) is 38.5 Å². The fraction of sp³-hybridized carbons (Fsp3) is 0.889. The van der Waals surface area contributed by atoms with E-state index in [9.17, 15) is 9.59 Å². The zero-order valence-electron chi connectivity index (χ0n) is 15.1. The largest absolute Gasteiger partial charge is 0.457 e. The van der Waals surface area contributed by atoms with Crippen molar-refractivity contribution in [1.82, 2.24) is 0 Å². The van der Waals surface area contributed by atoms with Crippen LogP contribution >= 0.6 is 0 Å². The van der Waals surface area contributed by atoms with Crippen LogP contribution in [-0.4, -0.2) is 75.0 Å². The summed E-state index contributed by atoms with van der Waals surface area (Å²) in [6.07, 6.45) is 2.10. The van der Waals surface area contributed by atoms with Gasteiger partial charge in [-0.2, -0.15) is 0 Å². The number of hydrogen-bond donors (Lipinski definition) is 0. The van der Waals surface area contributed by atoms with Gasteiger partial charge in [-0.3, -0.25) is 9.59 Å². The molecule has 4 rings (SSSR count). The van der Waals surface area contributed by atoms with Gasteiger partial charge in [0.2, 0.25) is 0 Å². The van der Waals surface area contributed by atoms with E-state index in [4.69, 9.17) is 28.4 Å². The van der Waals surface area contributed by atoms with E-state index >= 15 is 0 Å². The lowest BCUT2D eigenvalue weighted by Gasteiger charge is -2.27. The van der Waals surface area contributed by atoms with Crippen molar-refractivity contribution in [2.24, 2.45) is 0 Å². The molecule has 0 saturated carbocycles. The van der Waals surface area contributed by atoms with E-state index in [-0.39, 0.29) is 61.7 Å². The van der Waals surface area contributed by atoms with Crippen LogP contribution in [0.2, 0.25) is 0 Å². The van der Waals surface area contributed by atoms with Gasteiger partial charge in [-0.15, -0.1) is 0 Å². The average Bonchev–Trinajstić information content (AvgIpc) is 3.40. The highest BCUT2D eigenvalue weighted by atomic mass is 16.6. The van der Waals surface area contributed by atoms with E-state index in [0.717, 1.165) is 25.7 Å². The van der Waals surface area contributed by atoms with Crippen LogP contribution in [0, 0.1) is 0 Å². The molecule has 4 saturated heterocycles. The number of ether oxygens (including phenoxy) is 6. The predicted octanol–water partition coefficient (Wildman–Crippen LogP) is 0.743. The van der Waals surface area contributed by atoms with E-state index in [0.29, 0.717) is 0 Å². The maximum absolute atomic E-state index is 12.1. The van der Waals surface area contributed by atoms with Gasteiger partial charge >= 0.3 is 11.9 Å². The van der Waals surface area contributed by atoms with Crippen LogP contribution in [0.15, 0.2) is 0 Å². The van der Waals surface area contributed by atoms with E-state index < -0.39 is 11.9 Å². The summed E-state index contributed by atoms with van der Waals surface area (Å²) in [5, 5.41) is 0. The summed E-state index contributed by atoms with van der Waals surface area (Å²) in [4.78, 5) is 24.3. The number of carbonyl (C=O) groups is 2. The molecule has 4 bridgehead atoms. The van der Waals surface area contributed by atoms with Crippen molar-refractivity contribution < 1.29 is 38.0 Å². The standard InChI is InChI=1S/C18H26O8/c1-21-15-9-3-5-11(23-9)17(15)25-13(19)7-8-14(20)26-18-12-6-4-10(24-12)16(18)22-2/h9-12,15-18H,3-8H2,1-2H3/t9-,10+,11+,12-,15-,16+,17+,18-. The quantitative estimate of drug-likeness (QED) is 0.607. The number of methoxy groups -OCH3 is 2. The first-order valence-corrected chi connectivity index (χ1v) is 9.36. The fourth-order valence-electron chi connectivity index (χ4n) is 4.67. The number of carbonyl (C=O) groups excluding carboxylic acids is 2. The summed E-state index contributed by atoms with van der Waals surface area (Å²) >= 11 is 0. The van der Waals surface area contributed by atoms with Crippen LogP contribution in [0.4, 0.5) is 0 Å². The highest BCUT2D eigenvalue weighted by molar-refractivity contribution is 5.78. The first kappa shape index (κ1) is 18.2. The smallest absolute Gasteiger partial charge is 0.306 e. The molecular weight excluding hydrogens is 344 g/mol. The van der Waals surface area contributed by atoms with E-state index in [1.54, 1.807) is 14.2 Å². The van der Waals surface area contributed by atoms with Gasteiger partial charge in [0.15, 0.2) is 12.2 Å². The Morgan fingerprint density at radius 2 is 1.04 bits per heavy atom. The van der Waals surface area contributed by atoms with Crippen molar-refractivity contribution in [3.05, 3.63) is 0 Å². The lowest BCUT2D eigenvalue weighted by molar-refractivity contribution is -0.164. The third kappa shape index (κ3) is 3.24. The molecule has 146 valence electrons. The molecule has 8 atom stereocenters. The van der Waals surface area contributed by atoms with Gasteiger partial charge in [0.25, 0.3) is 0 Å². The second kappa shape index (κ2) is 7.42. The molecule has 0 aromatic rings. The molecule has 0 amide bonds. The molecule has 26 heavy (non-hydrogen) atoms. The first-order valence-electron chi connectivity index (χ1n) is 9.36. The molecule has 4 fully saturated rings. The minimum atomic E-state index is -0.433. The highest BCUT2D eigenvalue weighted by Gasteiger charge is 2.52. The second-order valence-electron chi connectivity index (χ2n) is 7.39. The Morgan fingerprint density at radius 1 is 0.692 bits per heavy atom. The van der Waals surface area contributed by atoms with Crippen molar-refractivity contribution in [1.29, 1.82) is 0 Å². The molecule has 4 aliphatic heterocycles. The van der Waals surface area contributed by atoms with Crippen molar-refractivity contribution in [2.75, 3.05) is 14.2 Å². The molecule has 0 radical (unpaired) electrons. The summed E-state index contributed by atoms with van der Waals surface area (Å²) < 4.78 is 33.3. The summed E-state index contributed by atoms with van der Waals surface area (Å²) in [6.45, 7) is 0. The van der Waals surface area contributed by atoms with E-state index in [1.165, 1.54) is 0 Å². The van der Waals surface area contributed by atoms with Crippen molar-refractivity contribution in [3.8, 4) is 0 Å². The van der Waals surface area contributed by atoms with Crippen molar-refractivity contribution in [3.63, 3.8) is 0 Å². The third-order valence-corrected chi connectivity index (χ3v) is 5.90. The Kier molecular flexibility index (Phi) is 5.18. The van der Waals surface area contributed by atoms with Gasteiger partial charge in [-0.05, 0) is 25.7 Å². The molecule has 0 aliphatic carbocycles. The van der Waals surface area contributed by atoms with Gasteiger partial charge in [0.05, 0.1) is 37.3 Å². The van der Waals surface area contributed by atoms with Gasteiger partial charge in [-0.25, -0.2) is 0 Å². The lowest BCUT2D eigenvalue weighted by atomic mass is 9.94. The SMILES string of the molecule is CO[C@@H]1[C@H](OC(=O)CCC(=O)O[C@@H]2[C@H](OC)[C@H]3CC[C@@H]2O3)[C@H]2CC[C@@H]1O2. The topological polar surface area (TPSA) is 89.5 Å². The predicted molar refractivity (Wildman–Crippen MR) is 86.4 cm³/mol. The Hall–Kier alpha value is -1.22. The minimum Gasteiger partial charge on any atom is -0.457 e. The molecule has 8 heteroatoms. The molecule has 0 spiro atoms. The van der Waals surface area contributed by atoms with E-state index in [1.807, 2.05) is 0 Å². The molecule has 4 aliphatic rings. The van der Waals surface area contributed by atoms with Gasteiger partial charge in [0.1, 0.15) is 12.2 Å². The van der Waals surface area contributed by atoms with E-state index in [2.05, 4.69) is 0 Å². The van der Waals surface area contributed by atoms with Gasteiger partial charge in [-0.1, -0.05) is 0 Å². The van der Waals surface area contributed by atoms with Crippen LogP contribution < -0.4 is 0 Å². The van der Waals surface area contributed by atoms with Gasteiger partial charge in [0, 0.05) is 14.2 Å². The van der Waals surface area contributed by atoms with Crippen LogP contribution in [-0.2, 0) is 38.0 Å². The zero-order valence-corrected chi connectivity index (χ0v) is 15.1. The number of rotatable bonds is 7. The third-order valence-electron chi connectivity index (χ3n) is 5.90. The van der Waals surface area contributed by atoms with Crippen molar-refractivity contribution in [2.45, 2.75) is 87.4 Å². The average molecular weight is 370 g/mol. The number of esters is 2. The summed E-state index contributed by atoms with van der Waals surface area (Å²) in [6, 6.07) is 0. The molecule has 0 N–H and O–H groups in total. The molecule has 0 aromatic carbocycles. The normalized spacial score (nSPS) is 43.0. The second-order valence-corrected chi connectivity index (χ2v) is 7.39. The molecule has 0 unspecified atom stereocenters. The zero-order chi connectivity index (χ0) is 18.3. The maximum atomic E-state index is 12.1. The maximum Gasteiger partial charge on any atom is 0.306 e. The number of hydrogen-bond acceptors (Lipinski definition) is 8. The Bertz CT molecular complexity index is 503. The molecule has 0 aromatic heterocycles. The summed E-state index contributed by atoms with van der Waals surface area (Å²) in [5.74, 6) is -0.865. The lowest BCUT2D eigenvalue weighted by Crippen LogP contribution is -2.42. The number of fused-ring (bicyclic) bond motifs is 4. The van der Waals surface area contributed by atoms with Crippen LogP contribution in [0.3, 0.4) is 0 Å². The molecule has 8 nitrogen and oxygen atoms in total. The minimum absolute atomic E-state index is 0.00321. The van der Waals surface area contributed by atoms with Crippen molar-refractivity contribution >= 4 is 11.9 Å². The van der Waals surface area contributed by atoms with Crippen LogP contribution in [0.5, 0.6) is 0 Å². The first-order chi connectivity index (χ1) is 12.6. The summed E-state index contributed by atoms with van der Waals surface area (Å²) in [5.41, 5.74) is 0. The molecule has 4 heterocycles. The van der Waals surface area contributed by atoms with Gasteiger partial charge < -0.3 is 28.4 Å². The highest BCUT2D eigenvalue weighted by Crippen LogP contribution is 2.39. The fourth-order valence-corrected chi connectivity index (χ4v) is 4.67. The van der Waals surface area contributed by atoms with Crippen LogP contribution in [0.25, 0.3) is 0 Å². The summed E-state index contributed by atoms with van der Waals surface area (Å²) in [7, 11) is 3.19.